The van der Waals surface area contributed by atoms with Crippen molar-refractivity contribution in [3.8, 4) is 5.75 Å². The van der Waals surface area contributed by atoms with Gasteiger partial charge >= 0.3 is 12.1 Å². The van der Waals surface area contributed by atoms with Gasteiger partial charge in [-0.3, -0.25) is 4.79 Å². The SMILES string of the molecule is COc1ccc(N(COC(C)=O)C(=O)OC(C)(C)C)cc1. The lowest BCUT2D eigenvalue weighted by Crippen LogP contribution is -2.38. The molecule has 6 heteroatoms. The second kappa shape index (κ2) is 6.97. The summed E-state index contributed by atoms with van der Waals surface area (Å²) in [6, 6.07) is 6.79. The first kappa shape index (κ1) is 16.8. The Labute approximate surface area is 124 Å². The Balaban J connectivity index is 2.94. The third-order valence-corrected chi connectivity index (χ3v) is 2.39. The highest BCUT2D eigenvalue weighted by atomic mass is 16.6. The van der Waals surface area contributed by atoms with Crippen molar-refractivity contribution in [2.75, 3.05) is 18.7 Å². The van der Waals surface area contributed by atoms with Crippen LogP contribution in [0, 0.1) is 0 Å². The Morgan fingerprint density at radius 3 is 2.14 bits per heavy atom. The van der Waals surface area contributed by atoms with Gasteiger partial charge < -0.3 is 14.2 Å². The molecule has 0 radical (unpaired) electrons. The van der Waals surface area contributed by atoms with E-state index >= 15 is 0 Å². The zero-order chi connectivity index (χ0) is 16.0. The van der Waals surface area contributed by atoms with E-state index in [2.05, 4.69) is 0 Å². The molecule has 0 unspecified atom stereocenters. The number of carbonyl (C=O) groups is 2. The molecule has 1 amide bonds. The van der Waals surface area contributed by atoms with Crippen LogP contribution >= 0.6 is 0 Å². The Hall–Kier alpha value is -2.24. The zero-order valence-electron chi connectivity index (χ0n) is 13.0. The number of esters is 1. The summed E-state index contributed by atoms with van der Waals surface area (Å²) in [6.07, 6.45) is -0.589. The number of carbonyl (C=O) groups excluding carboxylic acids is 2. The van der Waals surface area contributed by atoms with Crippen LogP contribution in [0.15, 0.2) is 24.3 Å². The summed E-state index contributed by atoms with van der Waals surface area (Å²) in [4.78, 5) is 24.4. The van der Waals surface area contributed by atoms with Crippen molar-refractivity contribution in [3.05, 3.63) is 24.3 Å². The summed E-state index contributed by atoms with van der Waals surface area (Å²) >= 11 is 0. The Bertz CT molecular complexity index is 490. The van der Waals surface area contributed by atoms with Crippen LogP contribution in [0.2, 0.25) is 0 Å². The van der Waals surface area contributed by atoms with E-state index in [1.54, 1.807) is 52.1 Å². The van der Waals surface area contributed by atoms with Crippen LogP contribution in [0.1, 0.15) is 27.7 Å². The van der Waals surface area contributed by atoms with Crippen molar-refractivity contribution in [1.29, 1.82) is 0 Å². The predicted octanol–water partition coefficient (Wildman–Crippen LogP) is 2.96. The quantitative estimate of drug-likeness (QED) is 0.631. The molecule has 0 saturated heterocycles. The second-order valence-corrected chi connectivity index (χ2v) is 5.37. The largest absolute Gasteiger partial charge is 0.497 e. The number of hydrogen-bond donors (Lipinski definition) is 0. The maximum absolute atomic E-state index is 12.2. The minimum Gasteiger partial charge on any atom is -0.497 e. The van der Waals surface area contributed by atoms with Gasteiger partial charge in [-0.1, -0.05) is 0 Å². The number of benzene rings is 1. The molecule has 116 valence electrons. The van der Waals surface area contributed by atoms with Crippen LogP contribution < -0.4 is 9.64 Å². The molecule has 0 N–H and O–H groups in total. The third-order valence-electron chi connectivity index (χ3n) is 2.39. The predicted molar refractivity (Wildman–Crippen MR) is 78.3 cm³/mol. The normalized spacial score (nSPS) is 10.7. The molecular formula is C15H21NO5. The standard InChI is InChI=1S/C15H21NO5/c1-11(17)20-10-16(14(18)21-15(2,3)4)12-6-8-13(19-5)9-7-12/h6-9H,10H2,1-5H3. The maximum atomic E-state index is 12.2. The molecule has 0 aliphatic heterocycles. The van der Waals surface area contributed by atoms with E-state index in [1.165, 1.54) is 11.8 Å². The summed E-state index contributed by atoms with van der Waals surface area (Å²) in [7, 11) is 1.56. The second-order valence-electron chi connectivity index (χ2n) is 5.37. The molecule has 6 nitrogen and oxygen atoms in total. The summed E-state index contributed by atoms with van der Waals surface area (Å²) in [6.45, 7) is 6.37. The zero-order valence-corrected chi connectivity index (χ0v) is 13.0. The van der Waals surface area contributed by atoms with Crippen LogP contribution in [-0.4, -0.2) is 31.5 Å². The van der Waals surface area contributed by atoms with Gasteiger partial charge in [0.2, 0.25) is 0 Å². The van der Waals surface area contributed by atoms with Crippen molar-refractivity contribution in [2.24, 2.45) is 0 Å². The average Bonchev–Trinajstić information content (AvgIpc) is 2.37. The van der Waals surface area contributed by atoms with Gasteiger partial charge in [0.05, 0.1) is 12.8 Å². The first-order chi connectivity index (χ1) is 9.73. The van der Waals surface area contributed by atoms with E-state index in [1.807, 2.05) is 0 Å². The van der Waals surface area contributed by atoms with Crippen LogP contribution in [0.25, 0.3) is 0 Å². The molecule has 1 aromatic carbocycles. The van der Waals surface area contributed by atoms with Crippen LogP contribution in [0.5, 0.6) is 5.75 Å². The summed E-state index contributed by atoms with van der Waals surface area (Å²) in [5.74, 6) is 0.187. The Kier molecular flexibility index (Phi) is 5.58. The number of hydrogen-bond acceptors (Lipinski definition) is 5. The van der Waals surface area contributed by atoms with Crippen molar-refractivity contribution < 1.29 is 23.8 Å². The Morgan fingerprint density at radius 1 is 1.14 bits per heavy atom. The van der Waals surface area contributed by atoms with Gasteiger partial charge in [-0.2, -0.15) is 0 Å². The van der Waals surface area contributed by atoms with Crippen LogP contribution in [-0.2, 0) is 14.3 Å². The molecule has 1 rings (SSSR count). The van der Waals surface area contributed by atoms with Crippen LogP contribution in [0.4, 0.5) is 10.5 Å². The molecule has 0 fully saturated rings. The fourth-order valence-corrected chi connectivity index (χ4v) is 1.47. The minimum absolute atomic E-state index is 0.212. The number of ether oxygens (including phenoxy) is 3. The molecule has 1 aromatic rings. The van der Waals surface area contributed by atoms with Gasteiger partial charge in [0, 0.05) is 6.92 Å². The minimum atomic E-state index is -0.641. The lowest BCUT2D eigenvalue weighted by molar-refractivity contribution is -0.140. The fourth-order valence-electron chi connectivity index (χ4n) is 1.47. The van der Waals surface area contributed by atoms with Gasteiger partial charge in [0.25, 0.3) is 0 Å². The average molecular weight is 295 g/mol. The third kappa shape index (κ3) is 5.72. The molecule has 0 aliphatic rings. The monoisotopic (exact) mass is 295 g/mol. The topological polar surface area (TPSA) is 65.1 Å². The van der Waals surface area contributed by atoms with E-state index in [0.29, 0.717) is 11.4 Å². The highest BCUT2D eigenvalue weighted by molar-refractivity contribution is 5.88. The highest BCUT2D eigenvalue weighted by Gasteiger charge is 2.24. The van der Waals surface area contributed by atoms with E-state index in [9.17, 15) is 9.59 Å². The van der Waals surface area contributed by atoms with Gasteiger partial charge in [-0.15, -0.1) is 0 Å². The highest BCUT2D eigenvalue weighted by Crippen LogP contribution is 2.21. The first-order valence-electron chi connectivity index (χ1n) is 6.51. The van der Waals surface area contributed by atoms with Gasteiger partial charge in [0.1, 0.15) is 11.4 Å². The summed E-state index contributed by atoms with van der Waals surface area (Å²) < 4.78 is 15.3. The van der Waals surface area contributed by atoms with Crippen LogP contribution in [0.3, 0.4) is 0 Å². The molecule has 0 bridgehead atoms. The number of nitrogens with zero attached hydrogens (tertiary/aromatic N) is 1. The fraction of sp³-hybridized carbons (Fsp3) is 0.467. The molecular weight excluding hydrogens is 274 g/mol. The molecule has 0 atom stereocenters. The molecule has 0 aromatic heterocycles. The molecule has 0 spiro atoms. The number of rotatable bonds is 4. The summed E-state index contributed by atoms with van der Waals surface area (Å²) in [5, 5.41) is 0. The maximum Gasteiger partial charge on any atom is 0.417 e. The smallest absolute Gasteiger partial charge is 0.417 e. The van der Waals surface area contributed by atoms with Gasteiger partial charge in [-0.05, 0) is 45.0 Å². The van der Waals surface area contributed by atoms with Crippen molar-refractivity contribution in [1.82, 2.24) is 0 Å². The molecule has 0 aliphatic carbocycles. The molecule has 0 saturated carbocycles. The summed E-state index contributed by atoms with van der Waals surface area (Å²) in [5.41, 5.74) is -0.0933. The number of methoxy groups -OCH3 is 1. The van der Waals surface area contributed by atoms with E-state index < -0.39 is 17.7 Å². The van der Waals surface area contributed by atoms with Crippen molar-refractivity contribution in [2.45, 2.75) is 33.3 Å². The number of amides is 1. The number of anilines is 1. The lowest BCUT2D eigenvalue weighted by Gasteiger charge is -2.27. The molecule has 21 heavy (non-hydrogen) atoms. The Morgan fingerprint density at radius 2 is 1.71 bits per heavy atom. The van der Waals surface area contributed by atoms with Crippen molar-refractivity contribution >= 4 is 17.7 Å². The first-order valence-corrected chi connectivity index (χ1v) is 6.51. The molecule has 0 heterocycles. The lowest BCUT2D eigenvalue weighted by atomic mass is 10.2. The van der Waals surface area contributed by atoms with Crippen molar-refractivity contribution in [3.63, 3.8) is 0 Å². The van der Waals surface area contributed by atoms with E-state index in [-0.39, 0.29) is 6.73 Å². The van der Waals surface area contributed by atoms with Gasteiger partial charge in [-0.25, -0.2) is 9.69 Å². The van der Waals surface area contributed by atoms with E-state index in [4.69, 9.17) is 14.2 Å². The van der Waals surface area contributed by atoms with E-state index in [0.717, 1.165) is 0 Å². The van der Waals surface area contributed by atoms with Gasteiger partial charge in [0.15, 0.2) is 6.73 Å².